The van der Waals surface area contributed by atoms with Crippen molar-refractivity contribution in [1.82, 2.24) is 10.2 Å². The number of benzene rings is 2. The minimum atomic E-state index is -0.453. The van der Waals surface area contributed by atoms with Gasteiger partial charge in [-0.2, -0.15) is 5.26 Å². The average molecular weight is 359 g/mol. The molecule has 0 aliphatic carbocycles. The number of amides is 2. The number of rotatable bonds is 5. The number of urea groups is 1. The number of aliphatic imine (C=N–C) groups is 1. The molecule has 0 radical (unpaired) electrons. The summed E-state index contributed by atoms with van der Waals surface area (Å²) >= 11 is 0. The number of nitrogens with zero attached hydrogens (tertiary/aromatic N) is 3. The summed E-state index contributed by atoms with van der Waals surface area (Å²) in [5.41, 5.74) is 1.72. The minimum absolute atomic E-state index is 0.0280. The summed E-state index contributed by atoms with van der Waals surface area (Å²) in [6.07, 6.45) is 1.50. The molecule has 7 heteroatoms. The Bertz CT molecular complexity index is 956. The highest BCUT2D eigenvalue weighted by molar-refractivity contribution is 6.13. The number of methoxy groups -OCH3 is 1. The Balaban J connectivity index is 1.82. The van der Waals surface area contributed by atoms with E-state index in [2.05, 4.69) is 10.3 Å². The van der Waals surface area contributed by atoms with Crippen molar-refractivity contribution in [3.05, 3.63) is 77.1 Å². The highest BCUT2D eigenvalue weighted by Gasteiger charge is 2.32. The smallest absolute Gasteiger partial charge is 0.328 e. The molecule has 1 aliphatic rings. The number of allylic oxidation sites excluding steroid dienone is 1. The van der Waals surface area contributed by atoms with Crippen molar-refractivity contribution in [2.45, 2.75) is 6.54 Å². The predicted molar refractivity (Wildman–Crippen MR) is 101 cm³/mol. The third kappa shape index (κ3) is 4.02. The largest absolute Gasteiger partial charge is 0.497 e. The van der Waals surface area contributed by atoms with Gasteiger partial charge in [0, 0.05) is 6.21 Å². The topological polar surface area (TPSA) is 102 Å². The molecule has 7 nitrogen and oxygen atoms in total. The van der Waals surface area contributed by atoms with E-state index in [-0.39, 0.29) is 23.8 Å². The number of hydrogen-bond acceptors (Lipinski definition) is 5. The Morgan fingerprint density at radius 1 is 1.26 bits per heavy atom. The van der Waals surface area contributed by atoms with Crippen molar-refractivity contribution in [2.24, 2.45) is 4.99 Å². The molecule has 0 aromatic heterocycles. The van der Waals surface area contributed by atoms with Gasteiger partial charge < -0.3 is 10.1 Å². The number of nitrogens with one attached hydrogen (secondary N) is 2. The fourth-order valence-electron chi connectivity index (χ4n) is 2.54. The molecular formula is C20H17N5O2. The molecule has 1 saturated heterocycles. The van der Waals surface area contributed by atoms with Crippen molar-refractivity contribution in [1.29, 1.82) is 10.7 Å². The molecule has 3 rings (SSSR count). The van der Waals surface area contributed by atoms with E-state index in [4.69, 9.17) is 10.1 Å². The van der Waals surface area contributed by atoms with Crippen molar-refractivity contribution >= 4 is 18.1 Å². The summed E-state index contributed by atoms with van der Waals surface area (Å²) in [7, 11) is 1.58. The van der Waals surface area contributed by atoms with Crippen LogP contribution in [0.1, 0.15) is 11.1 Å². The third-order valence-corrected chi connectivity index (χ3v) is 3.97. The molecule has 0 atom stereocenters. The van der Waals surface area contributed by atoms with Gasteiger partial charge in [-0.25, -0.2) is 9.79 Å². The molecule has 1 fully saturated rings. The lowest BCUT2D eigenvalue weighted by Gasteiger charge is -2.13. The van der Waals surface area contributed by atoms with Crippen molar-refractivity contribution in [3.8, 4) is 11.8 Å². The fraction of sp³-hybridized carbons (Fsp3) is 0.100. The molecule has 0 bridgehead atoms. The van der Waals surface area contributed by atoms with Gasteiger partial charge in [0.2, 0.25) is 0 Å². The SMILES string of the molecule is COc1ccc(C=N/C(C#N)=C2/NC(=O)N(Cc3ccccc3)C2=N)cc1. The Hall–Kier alpha value is -3.92. The van der Waals surface area contributed by atoms with E-state index in [0.29, 0.717) is 5.75 Å². The number of carbonyl (C=O) groups is 1. The third-order valence-electron chi connectivity index (χ3n) is 3.97. The van der Waals surface area contributed by atoms with Crippen LogP contribution in [0.25, 0.3) is 0 Å². The zero-order valence-electron chi connectivity index (χ0n) is 14.6. The van der Waals surface area contributed by atoms with Crippen LogP contribution in [-0.4, -0.2) is 30.1 Å². The van der Waals surface area contributed by atoms with Crippen molar-refractivity contribution in [3.63, 3.8) is 0 Å². The zero-order chi connectivity index (χ0) is 19.2. The molecule has 1 heterocycles. The average Bonchev–Trinajstić information content (AvgIpc) is 2.98. The van der Waals surface area contributed by atoms with Gasteiger partial charge in [-0.3, -0.25) is 10.3 Å². The first kappa shape index (κ1) is 17.9. The van der Waals surface area contributed by atoms with Gasteiger partial charge in [-0.1, -0.05) is 30.3 Å². The van der Waals surface area contributed by atoms with Crippen LogP contribution in [0.3, 0.4) is 0 Å². The standard InChI is InChI=1S/C20H17N5O2/c1-27-16-9-7-14(8-10-16)12-23-17(11-21)18-19(22)25(20(26)24-18)13-15-5-3-2-4-6-15/h2-10,12,22H,13H2,1H3,(H,24,26)/b18-17+,22-19?,23-12?. The molecule has 0 spiro atoms. The maximum Gasteiger partial charge on any atom is 0.328 e. The first-order chi connectivity index (χ1) is 13.1. The van der Waals surface area contributed by atoms with Crippen LogP contribution in [0, 0.1) is 16.7 Å². The number of hydrogen-bond donors (Lipinski definition) is 2. The van der Waals surface area contributed by atoms with Gasteiger partial charge in [0.25, 0.3) is 0 Å². The second-order valence-electron chi connectivity index (χ2n) is 5.72. The highest BCUT2D eigenvalue weighted by Crippen LogP contribution is 2.18. The zero-order valence-corrected chi connectivity index (χ0v) is 14.6. The van der Waals surface area contributed by atoms with Crippen LogP contribution in [0.15, 0.2) is 71.0 Å². The van der Waals surface area contributed by atoms with Gasteiger partial charge >= 0.3 is 6.03 Å². The van der Waals surface area contributed by atoms with Gasteiger partial charge in [-0.15, -0.1) is 0 Å². The maximum absolute atomic E-state index is 12.2. The Morgan fingerprint density at radius 2 is 1.96 bits per heavy atom. The van der Waals surface area contributed by atoms with Gasteiger partial charge in [0.15, 0.2) is 11.5 Å². The van der Waals surface area contributed by atoms with Gasteiger partial charge in [0.05, 0.1) is 13.7 Å². The predicted octanol–water partition coefficient (Wildman–Crippen LogP) is 3.05. The van der Waals surface area contributed by atoms with Crippen LogP contribution in [0.5, 0.6) is 5.75 Å². The molecule has 2 aromatic rings. The van der Waals surface area contributed by atoms with Crippen molar-refractivity contribution in [2.75, 3.05) is 7.11 Å². The summed E-state index contributed by atoms with van der Waals surface area (Å²) in [6.45, 7) is 0.246. The lowest BCUT2D eigenvalue weighted by molar-refractivity contribution is 0.227. The maximum atomic E-state index is 12.2. The molecular weight excluding hydrogens is 342 g/mol. The monoisotopic (exact) mass is 359 g/mol. The molecule has 134 valence electrons. The number of amidine groups is 1. The summed E-state index contributed by atoms with van der Waals surface area (Å²) in [4.78, 5) is 17.6. The molecule has 2 N–H and O–H groups in total. The van der Waals surface area contributed by atoms with E-state index in [1.807, 2.05) is 36.4 Å². The lowest BCUT2D eigenvalue weighted by atomic mass is 10.2. The Labute approximate surface area is 156 Å². The Morgan fingerprint density at radius 3 is 2.59 bits per heavy atom. The second-order valence-corrected chi connectivity index (χ2v) is 5.72. The van der Waals surface area contributed by atoms with Crippen LogP contribution in [0.4, 0.5) is 4.79 Å². The van der Waals surface area contributed by atoms with E-state index in [1.165, 1.54) is 11.1 Å². The van der Waals surface area contributed by atoms with Crippen LogP contribution < -0.4 is 10.1 Å². The quantitative estimate of drug-likeness (QED) is 0.633. The number of ether oxygens (including phenoxy) is 1. The molecule has 0 unspecified atom stereocenters. The molecule has 2 amide bonds. The van der Waals surface area contributed by atoms with E-state index in [9.17, 15) is 10.1 Å². The second kappa shape index (κ2) is 7.97. The van der Waals surface area contributed by atoms with E-state index in [0.717, 1.165) is 11.1 Å². The highest BCUT2D eigenvalue weighted by atomic mass is 16.5. The number of nitriles is 1. The molecule has 2 aromatic carbocycles. The first-order valence-electron chi connectivity index (χ1n) is 8.16. The van der Waals surface area contributed by atoms with E-state index >= 15 is 0 Å². The molecule has 1 aliphatic heterocycles. The molecule has 0 saturated carbocycles. The van der Waals surface area contributed by atoms with Gasteiger partial charge in [-0.05, 0) is 35.4 Å². The van der Waals surface area contributed by atoms with E-state index in [1.54, 1.807) is 31.4 Å². The first-order valence-corrected chi connectivity index (χ1v) is 8.16. The van der Waals surface area contributed by atoms with Crippen LogP contribution >= 0.6 is 0 Å². The minimum Gasteiger partial charge on any atom is -0.497 e. The van der Waals surface area contributed by atoms with Gasteiger partial charge in [0.1, 0.15) is 17.5 Å². The molecule has 27 heavy (non-hydrogen) atoms. The van der Waals surface area contributed by atoms with Crippen LogP contribution in [-0.2, 0) is 6.54 Å². The summed E-state index contributed by atoms with van der Waals surface area (Å²) in [5, 5.41) is 20.2. The Kier molecular flexibility index (Phi) is 5.28. The number of carbonyl (C=O) groups excluding carboxylic acids is 1. The van der Waals surface area contributed by atoms with E-state index < -0.39 is 6.03 Å². The summed E-state index contributed by atoms with van der Waals surface area (Å²) in [5.74, 6) is 0.639. The normalized spacial score (nSPS) is 15.6. The fourth-order valence-corrected chi connectivity index (χ4v) is 2.54. The van der Waals surface area contributed by atoms with Crippen molar-refractivity contribution < 1.29 is 9.53 Å². The summed E-state index contributed by atoms with van der Waals surface area (Å²) < 4.78 is 5.10. The summed E-state index contributed by atoms with van der Waals surface area (Å²) in [6, 6.07) is 18.0. The lowest BCUT2D eigenvalue weighted by Crippen LogP contribution is -2.29. The van der Waals surface area contributed by atoms with Crippen LogP contribution in [0.2, 0.25) is 0 Å².